The van der Waals surface area contributed by atoms with Gasteiger partial charge in [-0.1, -0.05) is 40.0 Å². The molecule has 29 heavy (non-hydrogen) atoms. The number of amides is 1. The van der Waals surface area contributed by atoms with Gasteiger partial charge in [0.15, 0.2) is 11.2 Å². The van der Waals surface area contributed by atoms with Crippen LogP contribution in [0.2, 0.25) is 0 Å². The lowest BCUT2D eigenvalue weighted by molar-refractivity contribution is -0.123. The first-order chi connectivity index (χ1) is 14.0. The van der Waals surface area contributed by atoms with Crippen molar-refractivity contribution in [3.8, 4) is 0 Å². The first-order valence-electron chi connectivity index (χ1n) is 11.0. The topological polar surface area (TPSA) is 90.9 Å². The number of unbranched alkanes of at least 4 members (excludes halogenated alkanes) is 1. The van der Waals surface area contributed by atoms with Gasteiger partial charge in [-0.25, -0.2) is 14.3 Å². The van der Waals surface area contributed by atoms with E-state index in [2.05, 4.69) is 24.1 Å². The summed E-state index contributed by atoms with van der Waals surface area (Å²) in [5, 5.41) is 3.04. The predicted molar refractivity (Wildman–Crippen MR) is 113 cm³/mol. The second-order valence-electron chi connectivity index (χ2n) is 8.22. The van der Waals surface area contributed by atoms with Crippen LogP contribution in [0.15, 0.2) is 15.9 Å². The van der Waals surface area contributed by atoms with Gasteiger partial charge in [0.2, 0.25) is 5.91 Å². The van der Waals surface area contributed by atoms with E-state index in [9.17, 15) is 14.4 Å². The minimum Gasteiger partial charge on any atom is -0.352 e. The molecule has 2 aromatic heterocycles. The van der Waals surface area contributed by atoms with Crippen molar-refractivity contribution in [2.24, 2.45) is 5.92 Å². The van der Waals surface area contributed by atoms with Crippen molar-refractivity contribution in [1.82, 2.24) is 24.0 Å². The van der Waals surface area contributed by atoms with Gasteiger partial charge < -0.3 is 9.88 Å². The van der Waals surface area contributed by atoms with E-state index in [-0.39, 0.29) is 18.5 Å². The molecule has 0 bridgehead atoms. The number of nitrogens with zero attached hydrogens (tertiary/aromatic N) is 4. The number of aryl methyl sites for hydroxylation is 2. The lowest BCUT2D eigenvalue weighted by Gasteiger charge is -2.29. The molecule has 0 saturated heterocycles. The Balaban J connectivity index is 1.96. The maximum atomic E-state index is 13.2. The second kappa shape index (κ2) is 9.41. The van der Waals surface area contributed by atoms with E-state index in [0.29, 0.717) is 30.2 Å². The molecule has 2 unspecified atom stereocenters. The van der Waals surface area contributed by atoms with Crippen molar-refractivity contribution in [1.29, 1.82) is 0 Å². The van der Waals surface area contributed by atoms with Crippen molar-refractivity contribution in [2.75, 3.05) is 0 Å². The zero-order valence-corrected chi connectivity index (χ0v) is 17.8. The van der Waals surface area contributed by atoms with Crippen LogP contribution < -0.4 is 16.6 Å². The fourth-order valence-corrected chi connectivity index (χ4v) is 4.23. The Labute approximate surface area is 170 Å². The number of hydrogen-bond acceptors (Lipinski definition) is 4. The Bertz CT molecular complexity index is 971. The Morgan fingerprint density at radius 3 is 2.59 bits per heavy atom. The Morgan fingerprint density at radius 2 is 1.90 bits per heavy atom. The Hall–Kier alpha value is -2.38. The lowest BCUT2D eigenvalue weighted by Crippen LogP contribution is -2.47. The summed E-state index contributed by atoms with van der Waals surface area (Å²) in [6, 6.07) is 0.114. The first-order valence-corrected chi connectivity index (χ1v) is 11.0. The van der Waals surface area contributed by atoms with Gasteiger partial charge in [0.25, 0.3) is 5.56 Å². The predicted octanol–water partition coefficient (Wildman–Crippen LogP) is 2.26. The Morgan fingerprint density at radius 1 is 1.14 bits per heavy atom. The highest BCUT2D eigenvalue weighted by Crippen LogP contribution is 2.23. The van der Waals surface area contributed by atoms with Crippen molar-refractivity contribution in [2.45, 2.75) is 91.4 Å². The van der Waals surface area contributed by atoms with Crippen LogP contribution in [0.25, 0.3) is 11.2 Å². The third kappa shape index (κ3) is 4.46. The molecule has 2 atom stereocenters. The van der Waals surface area contributed by atoms with Crippen molar-refractivity contribution >= 4 is 17.1 Å². The van der Waals surface area contributed by atoms with E-state index < -0.39 is 11.2 Å². The van der Waals surface area contributed by atoms with Gasteiger partial charge in [-0.2, -0.15) is 0 Å². The highest BCUT2D eigenvalue weighted by molar-refractivity contribution is 5.77. The third-order valence-corrected chi connectivity index (χ3v) is 5.94. The molecule has 160 valence electrons. The molecule has 1 fully saturated rings. The van der Waals surface area contributed by atoms with Gasteiger partial charge in [0.05, 0.1) is 6.33 Å². The van der Waals surface area contributed by atoms with Gasteiger partial charge in [-0.3, -0.25) is 14.2 Å². The number of carbonyl (C=O) groups excluding carboxylic acids is 1. The molecular weight excluding hydrogens is 370 g/mol. The van der Waals surface area contributed by atoms with Gasteiger partial charge in [-0.15, -0.1) is 0 Å². The molecule has 1 aliphatic carbocycles. The summed E-state index contributed by atoms with van der Waals surface area (Å²) in [7, 11) is 0. The molecule has 1 N–H and O–H groups in total. The maximum Gasteiger partial charge on any atom is 0.333 e. The summed E-state index contributed by atoms with van der Waals surface area (Å²) < 4.78 is 4.41. The third-order valence-electron chi connectivity index (χ3n) is 5.94. The number of imidazole rings is 1. The normalized spacial score (nSPS) is 19.6. The van der Waals surface area contributed by atoms with Crippen LogP contribution in [0, 0.1) is 5.92 Å². The summed E-state index contributed by atoms with van der Waals surface area (Å²) in [5.41, 5.74) is -0.0735. The van der Waals surface area contributed by atoms with Gasteiger partial charge in [-0.05, 0) is 31.6 Å². The molecule has 1 amide bonds. The van der Waals surface area contributed by atoms with E-state index in [1.807, 2.05) is 11.5 Å². The van der Waals surface area contributed by atoms with E-state index in [1.54, 1.807) is 6.33 Å². The molecule has 2 aromatic rings. The van der Waals surface area contributed by atoms with Crippen LogP contribution in [0.4, 0.5) is 0 Å². The highest BCUT2D eigenvalue weighted by atomic mass is 16.2. The molecule has 2 heterocycles. The number of fused-ring (bicyclic) bond motifs is 1. The quantitative estimate of drug-likeness (QED) is 0.732. The van der Waals surface area contributed by atoms with E-state index in [0.717, 1.165) is 43.1 Å². The fourth-order valence-electron chi connectivity index (χ4n) is 4.23. The summed E-state index contributed by atoms with van der Waals surface area (Å²) in [5.74, 6) is 0.143. The SMILES string of the molecule is CCCCn1cnc2c1c(=O)n(CC(=O)NC1CCCCC1C)c(=O)n2CCC. The zero-order valence-electron chi connectivity index (χ0n) is 17.8. The average Bonchev–Trinajstić information content (AvgIpc) is 3.12. The van der Waals surface area contributed by atoms with Crippen molar-refractivity contribution < 1.29 is 4.79 Å². The lowest BCUT2D eigenvalue weighted by atomic mass is 9.86. The van der Waals surface area contributed by atoms with E-state index in [4.69, 9.17) is 0 Å². The largest absolute Gasteiger partial charge is 0.352 e. The maximum absolute atomic E-state index is 13.2. The molecule has 0 radical (unpaired) electrons. The standard InChI is InChI=1S/C21H33N5O3/c1-4-6-12-24-14-22-19-18(24)20(28)26(21(29)25(19)11-5-2)13-17(27)23-16-10-8-7-9-15(16)3/h14-16H,4-13H2,1-3H3,(H,23,27). The van der Waals surface area contributed by atoms with E-state index in [1.165, 1.54) is 11.0 Å². The molecule has 1 saturated carbocycles. The van der Waals surface area contributed by atoms with Crippen molar-refractivity contribution in [3.63, 3.8) is 0 Å². The molecular formula is C21H33N5O3. The number of carbonyl (C=O) groups is 1. The number of hydrogen-bond donors (Lipinski definition) is 1. The number of aromatic nitrogens is 4. The van der Waals surface area contributed by atoms with Crippen LogP contribution in [0.5, 0.6) is 0 Å². The molecule has 3 rings (SSSR count). The number of nitrogens with one attached hydrogen (secondary N) is 1. The summed E-state index contributed by atoms with van der Waals surface area (Å²) in [4.78, 5) is 43.2. The Kier molecular flexibility index (Phi) is 6.92. The zero-order chi connectivity index (χ0) is 21.0. The second-order valence-corrected chi connectivity index (χ2v) is 8.22. The first kappa shape index (κ1) is 21.3. The van der Waals surface area contributed by atoms with Crippen LogP contribution in [-0.4, -0.2) is 30.6 Å². The molecule has 0 spiro atoms. The molecule has 8 nitrogen and oxygen atoms in total. The minimum absolute atomic E-state index is 0.114. The van der Waals surface area contributed by atoms with Crippen LogP contribution in [0.1, 0.15) is 65.7 Å². The van der Waals surface area contributed by atoms with Gasteiger partial charge in [0, 0.05) is 19.1 Å². The van der Waals surface area contributed by atoms with Gasteiger partial charge >= 0.3 is 5.69 Å². The fraction of sp³-hybridized carbons (Fsp3) is 0.714. The molecule has 0 aromatic carbocycles. The molecule has 8 heteroatoms. The summed E-state index contributed by atoms with van der Waals surface area (Å²) >= 11 is 0. The van der Waals surface area contributed by atoms with Crippen LogP contribution in [-0.2, 0) is 24.4 Å². The van der Waals surface area contributed by atoms with Crippen LogP contribution >= 0.6 is 0 Å². The van der Waals surface area contributed by atoms with Crippen LogP contribution in [0.3, 0.4) is 0 Å². The molecule has 0 aliphatic heterocycles. The smallest absolute Gasteiger partial charge is 0.333 e. The summed E-state index contributed by atoms with van der Waals surface area (Å²) in [6.45, 7) is 7.07. The molecule has 1 aliphatic rings. The van der Waals surface area contributed by atoms with E-state index >= 15 is 0 Å². The highest BCUT2D eigenvalue weighted by Gasteiger charge is 2.24. The monoisotopic (exact) mass is 403 g/mol. The minimum atomic E-state index is -0.461. The van der Waals surface area contributed by atoms with Crippen molar-refractivity contribution in [3.05, 3.63) is 27.2 Å². The summed E-state index contributed by atoms with van der Waals surface area (Å²) in [6.07, 6.45) is 8.60. The van der Waals surface area contributed by atoms with Gasteiger partial charge in [0.1, 0.15) is 6.54 Å². The number of rotatable bonds is 8. The average molecular weight is 404 g/mol.